The van der Waals surface area contributed by atoms with E-state index in [1.807, 2.05) is 24.3 Å². The van der Waals surface area contributed by atoms with E-state index in [2.05, 4.69) is 32.8 Å². The molecule has 1 aromatic carbocycles. The van der Waals surface area contributed by atoms with Crippen LogP contribution >= 0.6 is 15.9 Å². The van der Waals surface area contributed by atoms with Gasteiger partial charge in [-0.05, 0) is 66.8 Å². The lowest BCUT2D eigenvalue weighted by Gasteiger charge is -2.36. The number of hydrogen-bond donors (Lipinski definition) is 0. The molecule has 2 heterocycles. The van der Waals surface area contributed by atoms with E-state index in [-0.39, 0.29) is 0 Å². The fourth-order valence-electron chi connectivity index (χ4n) is 3.72. The number of amides is 1. The maximum absolute atomic E-state index is 12.5. The van der Waals surface area contributed by atoms with Crippen molar-refractivity contribution in [1.29, 1.82) is 0 Å². The van der Waals surface area contributed by atoms with Crippen LogP contribution in [0.2, 0.25) is 0 Å². The number of halogens is 1. The number of carbonyl (C=O) groups excluding carboxylic acids is 1. The molecule has 2 atom stereocenters. The summed E-state index contributed by atoms with van der Waals surface area (Å²) in [6.07, 6.45) is 3.76. The molecule has 1 amide bonds. The molecule has 1 aromatic rings. The number of nitrogens with zero attached hydrogens (tertiary/aromatic N) is 2. The number of benzene rings is 1. The van der Waals surface area contributed by atoms with Gasteiger partial charge in [-0.15, -0.1) is 0 Å². The van der Waals surface area contributed by atoms with E-state index in [4.69, 9.17) is 4.74 Å². The summed E-state index contributed by atoms with van der Waals surface area (Å²) in [4.78, 5) is 17.0. The second kappa shape index (κ2) is 7.67. The van der Waals surface area contributed by atoms with Gasteiger partial charge in [0.1, 0.15) is 5.75 Å². The van der Waals surface area contributed by atoms with E-state index in [9.17, 15) is 4.79 Å². The molecule has 23 heavy (non-hydrogen) atoms. The third-order valence-corrected chi connectivity index (χ3v) is 5.67. The van der Waals surface area contributed by atoms with Crippen molar-refractivity contribution in [3.05, 3.63) is 28.7 Å². The Morgan fingerprint density at radius 2 is 2.09 bits per heavy atom. The Morgan fingerprint density at radius 1 is 1.30 bits per heavy atom. The Balaban J connectivity index is 1.44. The van der Waals surface area contributed by atoms with Gasteiger partial charge >= 0.3 is 0 Å². The molecule has 0 bridgehead atoms. The van der Waals surface area contributed by atoms with Crippen LogP contribution < -0.4 is 4.74 Å². The second-order valence-electron chi connectivity index (χ2n) is 6.64. The van der Waals surface area contributed by atoms with Gasteiger partial charge in [-0.1, -0.05) is 12.1 Å². The third kappa shape index (κ3) is 4.07. The quantitative estimate of drug-likeness (QED) is 0.735. The lowest BCUT2D eigenvalue weighted by Crippen LogP contribution is -2.48. The zero-order chi connectivity index (χ0) is 16.2. The Hall–Kier alpha value is -1.07. The summed E-state index contributed by atoms with van der Waals surface area (Å²) in [5, 5.41) is 0. The normalized spacial score (nSPS) is 24.5. The zero-order valence-electron chi connectivity index (χ0n) is 13.7. The van der Waals surface area contributed by atoms with E-state index < -0.39 is 0 Å². The molecule has 0 aromatic heterocycles. The van der Waals surface area contributed by atoms with Crippen LogP contribution in [-0.4, -0.2) is 55.0 Å². The van der Waals surface area contributed by atoms with E-state index in [1.165, 1.54) is 19.4 Å². The predicted octanol–water partition coefficient (Wildman–Crippen LogP) is 3.16. The number of fused-ring (bicyclic) bond motifs is 1. The molecular formula is C18H25BrN2O2. The van der Waals surface area contributed by atoms with Crippen molar-refractivity contribution in [1.82, 2.24) is 9.80 Å². The molecular weight excluding hydrogens is 356 g/mol. The standard InChI is InChI=1S/C18H25BrN2O2/c1-20-10-8-14-9-11-21(16(14)13-20)18(22)7-4-12-23-17-6-3-2-5-15(17)19/h2-3,5-6,14,16H,4,7-13H2,1H3/t14-,16+/m1/s1. The van der Waals surface area contributed by atoms with Gasteiger partial charge in [-0.2, -0.15) is 0 Å². The largest absolute Gasteiger partial charge is 0.492 e. The lowest BCUT2D eigenvalue weighted by atomic mass is 9.92. The summed E-state index contributed by atoms with van der Waals surface area (Å²) >= 11 is 3.47. The van der Waals surface area contributed by atoms with Crippen LogP contribution in [0.5, 0.6) is 5.75 Å². The Labute approximate surface area is 146 Å². The number of carbonyl (C=O) groups is 1. The number of likely N-dealkylation sites (N-methyl/N-ethyl adjacent to an activating group) is 1. The van der Waals surface area contributed by atoms with Crippen LogP contribution in [0.1, 0.15) is 25.7 Å². The van der Waals surface area contributed by atoms with Gasteiger partial charge in [0.05, 0.1) is 11.1 Å². The highest BCUT2D eigenvalue weighted by Gasteiger charge is 2.39. The average Bonchev–Trinajstić information content (AvgIpc) is 2.96. The average molecular weight is 381 g/mol. The SMILES string of the molecule is CN1CC[C@@H]2CCN(C(=O)CCCOc3ccccc3Br)[C@H]2C1. The fraction of sp³-hybridized carbons (Fsp3) is 0.611. The molecule has 0 N–H and O–H groups in total. The zero-order valence-corrected chi connectivity index (χ0v) is 15.3. The van der Waals surface area contributed by atoms with E-state index >= 15 is 0 Å². The number of piperidine rings is 1. The number of rotatable bonds is 5. The number of hydrogen-bond acceptors (Lipinski definition) is 3. The Kier molecular flexibility index (Phi) is 5.59. The summed E-state index contributed by atoms with van der Waals surface area (Å²) in [7, 11) is 2.16. The molecule has 4 nitrogen and oxygen atoms in total. The Morgan fingerprint density at radius 3 is 2.91 bits per heavy atom. The number of likely N-dealkylation sites (tertiary alicyclic amines) is 2. The van der Waals surface area contributed by atoms with Crippen molar-refractivity contribution in [3.63, 3.8) is 0 Å². The first-order chi connectivity index (χ1) is 11.1. The summed E-state index contributed by atoms with van der Waals surface area (Å²) in [6, 6.07) is 8.25. The molecule has 0 spiro atoms. The monoisotopic (exact) mass is 380 g/mol. The first-order valence-electron chi connectivity index (χ1n) is 8.50. The molecule has 5 heteroatoms. The molecule has 3 rings (SSSR count). The van der Waals surface area contributed by atoms with Gasteiger partial charge in [0, 0.05) is 25.6 Å². The van der Waals surface area contributed by atoms with Crippen molar-refractivity contribution < 1.29 is 9.53 Å². The van der Waals surface area contributed by atoms with Gasteiger partial charge < -0.3 is 14.5 Å². The minimum absolute atomic E-state index is 0.295. The molecule has 2 fully saturated rings. The summed E-state index contributed by atoms with van der Waals surface area (Å²) < 4.78 is 6.71. The van der Waals surface area contributed by atoms with Crippen molar-refractivity contribution in [2.45, 2.75) is 31.7 Å². The van der Waals surface area contributed by atoms with E-state index in [1.54, 1.807) is 0 Å². The lowest BCUT2D eigenvalue weighted by molar-refractivity contribution is -0.133. The summed E-state index contributed by atoms with van der Waals surface area (Å²) in [5.41, 5.74) is 0. The van der Waals surface area contributed by atoms with Gasteiger partial charge in [0.25, 0.3) is 0 Å². The first-order valence-corrected chi connectivity index (χ1v) is 9.30. The maximum atomic E-state index is 12.5. The molecule has 0 radical (unpaired) electrons. The smallest absolute Gasteiger partial charge is 0.222 e. The van der Waals surface area contributed by atoms with Crippen LogP contribution in [-0.2, 0) is 4.79 Å². The highest BCUT2D eigenvalue weighted by Crippen LogP contribution is 2.31. The van der Waals surface area contributed by atoms with Gasteiger partial charge in [-0.3, -0.25) is 4.79 Å². The minimum Gasteiger partial charge on any atom is -0.492 e. The first kappa shape index (κ1) is 16.8. The molecule has 2 aliphatic heterocycles. The van der Waals surface area contributed by atoms with Crippen molar-refractivity contribution in [3.8, 4) is 5.75 Å². The van der Waals surface area contributed by atoms with Crippen LogP contribution in [0.15, 0.2) is 28.7 Å². The van der Waals surface area contributed by atoms with Gasteiger partial charge in [0.15, 0.2) is 0 Å². The number of para-hydroxylation sites is 1. The minimum atomic E-state index is 0.295. The van der Waals surface area contributed by atoms with Crippen LogP contribution in [0.25, 0.3) is 0 Å². The molecule has 0 aliphatic carbocycles. The highest BCUT2D eigenvalue weighted by atomic mass is 79.9. The molecule has 2 aliphatic rings. The molecule has 0 saturated carbocycles. The van der Waals surface area contributed by atoms with Crippen LogP contribution in [0.3, 0.4) is 0 Å². The molecule has 2 saturated heterocycles. The molecule has 126 valence electrons. The maximum Gasteiger partial charge on any atom is 0.222 e. The summed E-state index contributed by atoms with van der Waals surface area (Å²) in [5.74, 6) is 1.85. The Bertz CT molecular complexity index is 552. The molecule has 0 unspecified atom stereocenters. The third-order valence-electron chi connectivity index (χ3n) is 5.02. The summed E-state index contributed by atoms with van der Waals surface area (Å²) in [6.45, 7) is 3.72. The van der Waals surface area contributed by atoms with E-state index in [0.29, 0.717) is 30.9 Å². The number of ether oxygens (including phenoxy) is 1. The van der Waals surface area contributed by atoms with Crippen LogP contribution in [0, 0.1) is 5.92 Å². The predicted molar refractivity (Wildman–Crippen MR) is 94.6 cm³/mol. The van der Waals surface area contributed by atoms with Crippen molar-refractivity contribution in [2.75, 3.05) is 33.3 Å². The van der Waals surface area contributed by atoms with Crippen molar-refractivity contribution in [2.24, 2.45) is 5.92 Å². The van der Waals surface area contributed by atoms with Crippen molar-refractivity contribution >= 4 is 21.8 Å². The fourth-order valence-corrected chi connectivity index (χ4v) is 4.12. The van der Waals surface area contributed by atoms with E-state index in [0.717, 1.165) is 29.7 Å². The van der Waals surface area contributed by atoms with Gasteiger partial charge in [0.2, 0.25) is 5.91 Å². The van der Waals surface area contributed by atoms with Gasteiger partial charge in [-0.25, -0.2) is 0 Å². The highest BCUT2D eigenvalue weighted by molar-refractivity contribution is 9.10. The van der Waals surface area contributed by atoms with Crippen LogP contribution in [0.4, 0.5) is 0 Å². The second-order valence-corrected chi connectivity index (χ2v) is 7.49. The topological polar surface area (TPSA) is 32.8 Å².